The van der Waals surface area contributed by atoms with Gasteiger partial charge in [-0.05, 0) is 16.5 Å². The summed E-state index contributed by atoms with van der Waals surface area (Å²) in [5.74, 6) is 0.0988. The number of methoxy groups -OCH3 is 1. The first kappa shape index (κ1) is 14.5. The fourth-order valence-corrected chi connectivity index (χ4v) is 3.71. The molecule has 0 spiro atoms. The molecular weight excluding hydrogens is 236 g/mol. The van der Waals surface area contributed by atoms with Crippen molar-refractivity contribution in [1.82, 2.24) is 0 Å². The molecule has 3 atom stereocenters. The van der Waals surface area contributed by atoms with Crippen LogP contribution >= 0.6 is 0 Å². The fraction of sp³-hybridized carbons (Fsp3) is 0.647. The number of fused-ring (bicyclic) bond motifs is 1. The Morgan fingerprint density at radius 3 is 2.26 bits per heavy atom. The van der Waals surface area contributed by atoms with Crippen LogP contribution < -0.4 is 0 Å². The van der Waals surface area contributed by atoms with E-state index in [1.807, 2.05) is 0 Å². The maximum absolute atomic E-state index is 10.8. The summed E-state index contributed by atoms with van der Waals surface area (Å²) in [6.07, 6.45) is -0.651. The van der Waals surface area contributed by atoms with Crippen LogP contribution in [0.4, 0.5) is 0 Å². The second-order valence-electron chi connectivity index (χ2n) is 7.30. The molecule has 1 aromatic rings. The van der Waals surface area contributed by atoms with Crippen molar-refractivity contribution < 1.29 is 9.84 Å². The van der Waals surface area contributed by atoms with Crippen LogP contribution in [0, 0.1) is 5.41 Å². The molecule has 0 amide bonds. The summed E-state index contributed by atoms with van der Waals surface area (Å²) >= 11 is 0. The van der Waals surface area contributed by atoms with Gasteiger partial charge >= 0.3 is 0 Å². The molecule has 0 bridgehead atoms. The molecule has 0 aromatic heterocycles. The Kier molecular flexibility index (Phi) is 3.53. The average molecular weight is 262 g/mol. The number of rotatable bonds is 1. The van der Waals surface area contributed by atoms with Crippen molar-refractivity contribution >= 4 is 0 Å². The minimum atomic E-state index is -0.477. The van der Waals surface area contributed by atoms with Crippen LogP contribution in [0.15, 0.2) is 24.3 Å². The number of hydrogen-bond donors (Lipinski definition) is 1. The summed E-state index contributed by atoms with van der Waals surface area (Å²) < 4.78 is 5.65. The maximum atomic E-state index is 10.8. The SMILES string of the molecule is COC1C(O)C(C(C)(C)C)c2ccccc2C1(C)C. The van der Waals surface area contributed by atoms with Gasteiger partial charge in [0.2, 0.25) is 0 Å². The monoisotopic (exact) mass is 262 g/mol. The van der Waals surface area contributed by atoms with Crippen molar-refractivity contribution in [2.75, 3.05) is 7.11 Å². The molecule has 2 nitrogen and oxygen atoms in total. The van der Waals surface area contributed by atoms with Crippen LogP contribution in [-0.2, 0) is 10.2 Å². The lowest BCUT2D eigenvalue weighted by Crippen LogP contribution is -2.53. The fourth-order valence-electron chi connectivity index (χ4n) is 3.71. The molecule has 1 aliphatic rings. The van der Waals surface area contributed by atoms with Crippen molar-refractivity contribution in [3.63, 3.8) is 0 Å². The third kappa shape index (κ3) is 2.21. The van der Waals surface area contributed by atoms with Gasteiger partial charge in [0.15, 0.2) is 0 Å². The Morgan fingerprint density at radius 1 is 1.16 bits per heavy atom. The van der Waals surface area contributed by atoms with Crippen LogP contribution in [-0.4, -0.2) is 24.4 Å². The van der Waals surface area contributed by atoms with Gasteiger partial charge in [-0.1, -0.05) is 58.9 Å². The molecule has 0 saturated carbocycles. The van der Waals surface area contributed by atoms with Gasteiger partial charge in [-0.3, -0.25) is 0 Å². The topological polar surface area (TPSA) is 29.5 Å². The van der Waals surface area contributed by atoms with Crippen LogP contribution in [0.1, 0.15) is 51.7 Å². The first-order chi connectivity index (χ1) is 8.71. The van der Waals surface area contributed by atoms with E-state index in [1.54, 1.807) is 7.11 Å². The van der Waals surface area contributed by atoms with Crippen molar-refractivity contribution in [1.29, 1.82) is 0 Å². The van der Waals surface area contributed by atoms with E-state index in [1.165, 1.54) is 11.1 Å². The van der Waals surface area contributed by atoms with Gasteiger partial charge in [0.25, 0.3) is 0 Å². The molecule has 0 heterocycles. The molecular formula is C17H26O2. The molecule has 3 unspecified atom stereocenters. The Labute approximate surface area is 116 Å². The lowest BCUT2D eigenvalue weighted by Gasteiger charge is -2.50. The normalized spacial score (nSPS) is 29.9. The molecule has 2 heteroatoms. The first-order valence-corrected chi connectivity index (χ1v) is 7.01. The van der Waals surface area contributed by atoms with E-state index in [9.17, 15) is 5.11 Å². The number of hydrogen-bond acceptors (Lipinski definition) is 2. The molecule has 1 aromatic carbocycles. The summed E-state index contributed by atoms with van der Waals surface area (Å²) in [5.41, 5.74) is 2.39. The Balaban J connectivity index is 2.66. The first-order valence-electron chi connectivity index (χ1n) is 7.01. The van der Waals surface area contributed by atoms with Crippen molar-refractivity contribution in [2.24, 2.45) is 5.41 Å². The molecule has 1 N–H and O–H groups in total. The van der Waals surface area contributed by atoms with Gasteiger partial charge in [0, 0.05) is 18.4 Å². The molecule has 19 heavy (non-hydrogen) atoms. The highest BCUT2D eigenvalue weighted by molar-refractivity contribution is 5.42. The second kappa shape index (κ2) is 4.60. The lowest BCUT2D eigenvalue weighted by molar-refractivity contribution is -0.0857. The van der Waals surface area contributed by atoms with E-state index in [2.05, 4.69) is 58.9 Å². The highest BCUT2D eigenvalue weighted by atomic mass is 16.5. The van der Waals surface area contributed by atoms with Crippen LogP contribution in [0.25, 0.3) is 0 Å². The zero-order valence-corrected chi connectivity index (χ0v) is 12.9. The Hall–Kier alpha value is -0.860. The molecule has 1 aliphatic carbocycles. The maximum Gasteiger partial charge on any atom is 0.0927 e. The minimum absolute atomic E-state index is 0.00278. The Morgan fingerprint density at radius 2 is 1.74 bits per heavy atom. The third-order valence-electron chi connectivity index (χ3n) is 4.54. The predicted octanol–water partition coefficient (Wildman–Crippen LogP) is 3.48. The number of aliphatic hydroxyl groups excluding tert-OH is 1. The smallest absolute Gasteiger partial charge is 0.0927 e. The van der Waals surface area contributed by atoms with E-state index in [0.29, 0.717) is 0 Å². The number of benzene rings is 1. The quantitative estimate of drug-likeness (QED) is 0.839. The van der Waals surface area contributed by atoms with E-state index >= 15 is 0 Å². The molecule has 0 radical (unpaired) electrons. The summed E-state index contributed by atoms with van der Waals surface area (Å²) in [7, 11) is 1.70. The summed E-state index contributed by atoms with van der Waals surface area (Å²) in [6.45, 7) is 10.9. The van der Waals surface area contributed by atoms with Crippen LogP contribution in [0.5, 0.6) is 0 Å². The zero-order chi connectivity index (χ0) is 14.4. The number of ether oxygens (including phenoxy) is 1. The van der Waals surface area contributed by atoms with E-state index in [0.717, 1.165) is 0 Å². The zero-order valence-electron chi connectivity index (χ0n) is 12.9. The molecule has 0 fully saturated rings. The van der Waals surface area contributed by atoms with E-state index in [4.69, 9.17) is 4.74 Å². The van der Waals surface area contributed by atoms with Crippen LogP contribution in [0.2, 0.25) is 0 Å². The molecule has 106 valence electrons. The van der Waals surface area contributed by atoms with Gasteiger partial charge in [-0.15, -0.1) is 0 Å². The molecule has 0 aliphatic heterocycles. The summed E-state index contributed by atoms with van der Waals surface area (Å²) in [6, 6.07) is 8.46. The molecule has 2 rings (SSSR count). The van der Waals surface area contributed by atoms with Crippen molar-refractivity contribution in [2.45, 2.75) is 58.2 Å². The van der Waals surface area contributed by atoms with Gasteiger partial charge in [0.1, 0.15) is 0 Å². The second-order valence-corrected chi connectivity index (χ2v) is 7.30. The van der Waals surface area contributed by atoms with Crippen molar-refractivity contribution in [3.8, 4) is 0 Å². The van der Waals surface area contributed by atoms with Gasteiger partial charge in [0.05, 0.1) is 12.2 Å². The average Bonchev–Trinajstić information content (AvgIpc) is 2.27. The van der Waals surface area contributed by atoms with E-state index in [-0.39, 0.29) is 22.9 Å². The van der Waals surface area contributed by atoms with Gasteiger partial charge in [-0.25, -0.2) is 0 Å². The Bertz CT molecular complexity index is 457. The van der Waals surface area contributed by atoms with E-state index < -0.39 is 6.10 Å². The molecule has 0 saturated heterocycles. The largest absolute Gasteiger partial charge is 0.390 e. The summed E-state index contributed by atoms with van der Waals surface area (Å²) in [4.78, 5) is 0. The van der Waals surface area contributed by atoms with Gasteiger partial charge < -0.3 is 9.84 Å². The standard InChI is InChI=1S/C17H26O2/c1-16(2,3)13-11-9-7-8-10-12(11)17(4,5)15(19-6)14(13)18/h7-10,13-15,18H,1-6H3. The van der Waals surface area contributed by atoms with Crippen molar-refractivity contribution in [3.05, 3.63) is 35.4 Å². The highest BCUT2D eigenvalue weighted by Gasteiger charge is 2.50. The minimum Gasteiger partial charge on any atom is -0.390 e. The number of aliphatic hydroxyl groups is 1. The highest BCUT2D eigenvalue weighted by Crippen LogP contribution is 2.50. The lowest BCUT2D eigenvalue weighted by atomic mass is 9.59. The van der Waals surface area contributed by atoms with Crippen LogP contribution in [0.3, 0.4) is 0 Å². The summed E-state index contributed by atoms with van der Waals surface area (Å²) in [5, 5.41) is 10.8. The van der Waals surface area contributed by atoms with Gasteiger partial charge in [-0.2, -0.15) is 0 Å². The predicted molar refractivity (Wildman–Crippen MR) is 78.5 cm³/mol. The third-order valence-corrected chi connectivity index (χ3v) is 4.54.